The number of nitrogens with two attached hydrogens (primary N) is 1. The van der Waals surface area contributed by atoms with Crippen molar-refractivity contribution in [1.29, 1.82) is 0 Å². The number of nitrogens with zero attached hydrogens (tertiary/aromatic N) is 1. The highest BCUT2D eigenvalue weighted by Gasteiger charge is 2.22. The second-order valence-corrected chi connectivity index (χ2v) is 5.41. The molecule has 0 radical (unpaired) electrons. The molecular weight excluding hydrogens is 320 g/mol. The number of rotatable bonds is 7. The molecule has 0 spiro atoms. The lowest BCUT2D eigenvalue weighted by atomic mass is 10.1. The molecule has 0 aliphatic rings. The van der Waals surface area contributed by atoms with E-state index in [4.69, 9.17) is 10.5 Å². The number of hydrogen-bond donors (Lipinski definition) is 3. The minimum atomic E-state index is -0.758. The quantitative estimate of drug-likeness (QED) is 0.663. The van der Waals surface area contributed by atoms with E-state index in [2.05, 4.69) is 15.6 Å². The molecule has 2 aromatic rings. The minimum Gasteiger partial charge on any atom is -0.464 e. The van der Waals surface area contributed by atoms with Crippen LogP contribution >= 0.6 is 0 Å². The average Bonchev–Trinajstić information content (AvgIpc) is 2.62. The minimum absolute atomic E-state index is 0.254. The molecule has 1 aromatic heterocycles. The van der Waals surface area contributed by atoms with Crippen LogP contribution in [0.1, 0.15) is 18.1 Å². The highest BCUT2D eigenvalue weighted by atomic mass is 16.5. The van der Waals surface area contributed by atoms with Gasteiger partial charge in [-0.2, -0.15) is 0 Å². The highest BCUT2D eigenvalue weighted by molar-refractivity contribution is 5.83. The Morgan fingerprint density at radius 3 is 2.56 bits per heavy atom. The van der Waals surface area contributed by atoms with Crippen LogP contribution in [-0.2, 0) is 22.5 Å². The summed E-state index contributed by atoms with van der Waals surface area (Å²) in [4.78, 5) is 28.2. The first-order chi connectivity index (χ1) is 12.1. The van der Waals surface area contributed by atoms with Gasteiger partial charge in [-0.25, -0.2) is 14.6 Å². The molecule has 1 heterocycles. The zero-order valence-corrected chi connectivity index (χ0v) is 14.1. The van der Waals surface area contributed by atoms with Crippen molar-refractivity contribution in [1.82, 2.24) is 15.6 Å². The summed E-state index contributed by atoms with van der Waals surface area (Å²) >= 11 is 0. The Balaban J connectivity index is 1.93. The van der Waals surface area contributed by atoms with Crippen molar-refractivity contribution < 1.29 is 14.3 Å². The summed E-state index contributed by atoms with van der Waals surface area (Å²) in [5, 5.41) is 5.36. The van der Waals surface area contributed by atoms with E-state index in [0.717, 1.165) is 11.1 Å². The van der Waals surface area contributed by atoms with Gasteiger partial charge in [0.25, 0.3) is 0 Å². The fourth-order valence-electron chi connectivity index (χ4n) is 2.22. The predicted molar refractivity (Wildman–Crippen MR) is 94.6 cm³/mol. The summed E-state index contributed by atoms with van der Waals surface area (Å²) < 4.78 is 5.05. The molecule has 0 saturated carbocycles. The van der Waals surface area contributed by atoms with Gasteiger partial charge in [0.05, 0.1) is 6.61 Å². The maximum Gasteiger partial charge on any atom is 0.329 e. The fraction of sp³-hybridized carbons (Fsp3) is 0.278. The summed E-state index contributed by atoms with van der Waals surface area (Å²) in [5.41, 5.74) is 7.26. The van der Waals surface area contributed by atoms with Crippen LogP contribution in [0.4, 0.5) is 10.6 Å². The van der Waals surface area contributed by atoms with Crippen molar-refractivity contribution in [3.63, 3.8) is 0 Å². The second kappa shape index (κ2) is 9.27. The van der Waals surface area contributed by atoms with Crippen LogP contribution in [0.15, 0.2) is 48.7 Å². The molecule has 4 N–H and O–H groups in total. The third kappa shape index (κ3) is 6.14. The third-order valence-electron chi connectivity index (χ3n) is 3.46. The van der Waals surface area contributed by atoms with Crippen molar-refractivity contribution in [2.45, 2.75) is 25.9 Å². The third-order valence-corrected chi connectivity index (χ3v) is 3.46. The molecular formula is C18H22N4O3. The van der Waals surface area contributed by atoms with E-state index in [1.165, 1.54) is 0 Å². The Bertz CT molecular complexity index is 689. The number of ether oxygens (including phenoxy) is 1. The molecule has 25 heavy (non-hydrogen) atoms. The number of hydrogen-bond acceptors (Lipinski definition) is 5. The van der Waals surface area contributed by atoms with E-state index in [1.807, 2.05) is 30.3 Å². The molecule has 0 unspecified atom stereocenters. The van der Waals surface area contributed by atoms with Gasteiger partial charge in [0, 0.05) is 19.2 Å². The van der Waals surface area contributed by atoms with Crippen LogP contribution in [0.2, 0.25) is 0 Å². The zero-order valence-electron chi connectivity index (χ0n) is 14.1. The first-order valence-electron chi connectivity index (χ1n) is 8.03. The van der Waals surface area contributed by atoms with Crippen molar-refractivity contribution in [3.8, 4) is 0 Å². The highest BCUT2D eigenvalue weighted by Crippen LogP contribution is 2.05. The Hall–Kier alpha value is -3.09. The largest absolute Gasteiger partial charge is 0.464 e. The van der Waals surface area contributed by atoms with E-state index >= 15 is 0 Å². The number of carbonyl (C=O) groups excluding carboxylic acids is 2. The Labute approximate surface area is 146 Å². The topological polar surface area (TPSA) is 106 Å². The molecule has 0 fully saturated rings. The lowest BCUT2D eigenvalue weighted by molar-refractivity contribution is -0.145. The van der Waals surface area contributed by atoms with Gasteiger partial charge in [-0.1, -0.05) is 36.4 Å². The maximum absolute atomic E-state index is 12.1. The monoisotopic (exact) mass is 342 g/mol. The molecule has 0 bridgehead atoms. The van der Waals surface area contributed by atoms with Gasteiger partial charge in [-0.15, -0.1) is 0 Å². The number of esters is 1. The summed E-state index contributed by atoms with van der Waals surface area (Å²) in [6, 6.07) is 11.7. The van der Waals surface area contributed by atoms with Gasteiger partial charge in [0.1, 0.15) is 11.9 Å². The number of amides is 2. The number of anilines is 1. The Morgan fingerprint density at radius 1 is 1.16 bits per heavy atom. The van der Waals surface area contributed by atoms with Crippen LogP contribution in [0.5, 0.6) is 0 Å². The summed E-state index contributed by atoms with van der Waals surface area (Å²) in [6.07, 6.45) is 1.94. The summed E-state index contributed by atoms with van der Waals surface area (Å²) in [7, 11) is 0. The number of pyridine rings is 1. The average molecular weight is 342 g/mol. The van der Waals surface area contributed by atoms with Crippen LogP contribution < -0.4 is 16.4 Å². The number of urea groups is 1. The van der Waals surface area contributed by atoms with Crippen molar-refractivity contribution >= 4 is 17.8 Å². The number of benzene rings is 1. The molecule has 0 saturated heterocycles. The number of aromatic nitrogens is 1. The maximum atomic E-state index is 12.1. The van der Waals surface area contributed by atoms with Gasteiger partial charge in [0.15, 0.2) is 0 Å². The van der Waals surface area contributed by atoms with Crippen LogP contribution in [0.3, 0.4) is 0 Å². The second-order valence-electron chi connectivity index (χ2n) is 5.41. The molecule has 0 aliphatic carbocycles. The van der Waals surface area contributed by atoms with Gasteiger partial charge in [-0.05, 0) is 24.1 Å². The normalized spacial score (nSPS) is 11.4. The zero-order chi connectivity index (χ0) is 18.1. The first-order valence-corrected chi connectivity index (χ1v) is 8.03. The molecule has 7 nitrogen and oxygen atoms in total. The smallest absolute Gasteiger partial charge is 0.329 e. The molecule has 1 aromatic carbocycles. The predicted octanol–water partition coefficient (Wildman–Crippen LogP) is 1.64. The van der Waals surface area contributed by atoms with Gasteiger partial charge >= 0.3 is 12.0 Å². The molecule has 0 aliphatic heterocycles. The van der Waals surface area contributed by atoms with E-state index in [-0.39, 0.29) is 13.2 Å². The van der Waals surface area contributed by atoms with Crippen LogP contribution in [0, 0.1) is 0 Å². The molecule has 2 amide bonds. The van der Waals surface area contributed by atoms with Crippen molar-refractivity contribution in [2.24, 2.45) is 0 Å². The van der Waals surface area contributed by atoms with Crippen LogP contribution in [0.25, 0.3) is 0 Å². The SMILES string of the molecule is CCOC(=O)[C@H](Cc1ccccc1)NC(=O)NCc1ccc(N)nc1. The van der Waals surface area contributed by atoms with Gasteiger partial charge in [-0.3, -0.25) is 0 Å². The van der Waals surface area contributed by atoms with Gasteiger partial charge in [0.2, 0.25) is 0 Å². The van der Waals surface area contributed by atoms with Gasteiger partial charge < -0.3 is 21.1 Å². The van der Waals surface area contributed by atoms with E-state index in [0.29, 0.717) is 12.2 Å². The fourth-order valence-corrected chi connectivity index (χ4v) is 2.22. The van der Waals surface area contributed by atoms with E-state index in [9.17, 15) is 9.59 Å². The summed E-state index contributed by atoms with van der Waals surface area (Å²) in [6.45, 7) is 2.26. The summed E-state index contributed by atoms with van der Waals surface area (Å²) in [5.74, 6) is -0.0471. The number of nitrogens with one attached hydrogen (secondary N) is 2. The van der Waals surface area contributed by atoms with Crippen molar-refractivity contribution in [2.75, 3.05) is 12.3 Å². The van der Waals surface area contributed by atoms with E-state index in [1.54, 1.807) is 25.3 Å². The standard InChI is InChI=1S/C18H22N4O3/c1-2-25-17(23)15(10-13-6-4-3-5-7-13)22-18(24)21-12-14-8-9-16(19)20-11-14/h3-9,11,15H,2,10,12H2,1H3,(H2,19,20)(H2,21,22,24)/t15-/m0/s1. The van der Waals surface area contributed by atoms with Crippen molar-refractivity contribution in [3.05, 3.63) is 59.8 Å². The molecule has 2 rings (SSSR count). The molecule has 1 atom stereocenters. The lowest BCUT2D eigenvalue weighted by Crippen LogP contribution is -2.47. The number of carbonyl (C=O) groups is 2. The Kier molecular flexibility index (Phi) is 6.76. The lowest BCUT2D eigenvalue weighted by Gasteiger charge is -2.18. The first kappa shape index (κ1) is 18.3. The van der Waals surface area contributed by atoms with Crippen LogP contribution in [-0.4, -0.2) is 29.6 Å². The number of nitrogen functional groups attached to an aromatic ring is 1. The van der Waals surface area contributed by atoms with E-state index < -0.39 is 18.0 Å². The molecule has 7 heteroatoms. The molecule has 132 valence electrons. The Morgan fingerprint density at radius 2 is 1.92 bits per heavy atom.